The molecule has 3 atom stereocenters. The molecule has 1 N–H and O–H groups in total. The highest BCUT2D eigenvalue weighted by molar-refractivity contribution is 5.42. The van der Waals surface area contributed by atoms with Gasteiger partial charge in [0, 0.05) is 32.0 Å². The molecule has 2 saturated heterocycles. The fourth-order valence-corrected chi connectivity index (χ4v) is 3.53. The van der Waals surface area contributed by atoms with E-state index in [1.807, 2.05) is 25.1 Å². The molecule has 0 aromatic heterocycles. The van der Waals surface area contributed by atoms with Gasteiger partial charge >= 0.3 is 0 Å². The van der Waals surface area contributed by atoms with E-state index in [2.05, 4.69) is 0 Å². The first kappa shape index (κ1) is 15.6. The van der Waals surface area contributed by atoms with Gasteiger partial charge in [-0.15, -0.1) is 0 Å². The second-order valence-corrected chi connectivity index (χ2v) is 6.33. The summed E-state index contributed by atoms with van der Waals surface area (Å²) >= 11 is 0. The maximum atomic E-state index is 10.1. The Morgan fingerprint density at radius 2 is 1.91 bits per heavy atom. The van der Waals surface area contributed by atoms with E-state index in [9.17, 15) is 5.21 Å². The third kappa shape index (κ3) is 3.37. The highest BCUT2D eigenvalue weighted by Crippen LogP contribution is 2.36. The van der Waals surface area contributed by atoms with Crippen LogP contribution >= 0.6 is 0 Å². The van der Waals surface area contributed by atoms with Crippen LogP contribution in [0.2, 0.25) is 0 Å². The van der Waals surface area contributed by atoms with Crippen molar-refractivity contribution in [3.05, 3.63) is 23.8 Å². The minimum atomic E-state index is 0.131. The number of rotatable bonds is 5. The monoisotopic (exact) mass is 307 g/mol. The van der Waals surface area contributed by atoms with Crippen molar-refractivity contribution in [2.45, 2.75) is 57.2 Å². The van der Waals surface area contributed by atoms with Crippen molar-refractivity contribution in [2.24, 2.45) is 0 Å². The second kappa shape index (κ2) is 6.86. The molecule has 0 spiro atoms. The predicted molar refractivity (Wildman–Crippen MR) is 82.4 cm³/mol. The van der Waals surface area contributed by atoms with Crippen LogP contribution < -0.4 is 9.47 Å². The molecular formula is C17H25NO4. The first-order valence-electron chi connectivity index (χ1n) is 8.03. The molecule has 5 nitrogen and oxygen atoms in total. The van der Waals surface area contributed by atoms with E-state index in [1.54, 1.807) is 12.2 Å². The van der Waals surface area contributed by atoms with E-state index in [-0.39, 0.29) is 25.0 Å². The van der Waals surface area contributed by atoms with Crippen molar-refractivity contribution in [1.82, 2.24) is 5.06 Å². The average molecular weight is 307 g/mol. The molecule has 122 valence electrons. The van der Waals surface area contributed by atoms with Gasteiger partial charge < -0.3 is 19.4 Å². The van der Waals surface area contributed by atoms with Crippen LogP contribution in [0.3, 0.4) is 0 Å². The molecule has 0 amide bonds. The molecule has 1 unspecified atom stereocenters. The maximum Gasteiger partial charge on any atom is 0.188 e. The van der Waals surface area contributed by atoms with Gasteiger partial charge in [0.2, 0.25) is 0 Å². The van der Waals surface area contributed by atoms with E-state index in [1.165, 1.54) is 6.42 Å². The lowest BCUT2D eigenvalue weighted by molar-refractivity contribution is -0.207. The molecule has 3 rings (SSSR count). The average Bonchev–Trinajstić information content (AvgIpc) is 2.48. The molecule has 2 bridgehead atoms. The number of hydroxylamine groups is 2. The molecule has 1 aromatic carbocycles. The highest BCUT2D eigenvalue weighted by atomic mass is 16.7. The van der Waals surface area contributed by atoms with Gasteiger partial charge in [0.1, 0.15) is 6.10 Å². The summed E-state index contributed by atoms with van der Waals surface area (Å²) < 4.78 is 16.8. The molecule has 22 heavy (non-hydrogen) atoms. The number of methoxy groups -OCH3 is 1. The third-order valence-corrected chi connectivity index (χ3v) is 4.62. The van der Waals surface area contributed by atoms with E-state index < -0.39 is 0 Å². The molecule has 0 saturated carbocycles. The van der Waals surface area contributed by atoms with Crippen LogP contribution in [0.25, 0.3) is 0 Å². The number of ether oxygens (including phenoxy) is 3. The number of aryl methyl sites for hydroxylation is 1. The summed E-state index contributed by atoms with van der Waals surface area (Å²) in [5.41, 5.74) is 1.13. The van der Waals surface area contributed by atoms with Crippen molar-refractivity contribution in [2.75, 3.05) is 13.9 Å². The molecule has 0 radical (unpaired) electrons. The normalized spacial score (nSPS) is 28.4. The van der Waals surface area contributed by atoms with Crippen LogP contribution in [0.4, 0.5) is 0 Å². The lowest BCUT2D eigenvalue weighted by Crippen LogP contribution is -2.52. The first-order valence-corrected chi connectivity index (χ1v) is 8.03. The van der Waals surface area contributed by atoms with Crippen molar-refractivity contribution >= 4 is 0 Å². The summed E-state index contributed by atoms with van der Waals surface area (Å²) in [6.45, 7) is 2.23. The van der Waals surface area contributed by atoms with Crippen LogP contribution in [0.5, 0.6) is 11.5 Å². The third-order valence-electron chi connectivity index (χ3n) is 4.62. The highest BCUT2D eigenvalue weighted by Gasteiger charge is 2.38. The van der Waals surface area contributed by atoms with Crippen molar-refractivity contribution < 1.29 is 19.4 Å². The topological polar surface area (TPSA) is 51.2 Å². The number of fused-ring (bicyclic) bond motifs is 2. The Balaban J connectivity index is 1.70. The minimum Gasteiger partial charge on any atom is -0.486 e. The number of nitrogens with zero attached hydrogens (tertiary/aromatic N) is 1. The van der Waals surface area contributed by atoms with Crippen LogP contribution in [0.1, 0.15) is 37.7 Å². The van der Waals surface area contributed by atoms with Gasteiger partial charge in [-0.25, -0.2) is 0 Å². The molecule has 2 fully saturated rings. The van der Waals surface area contributed by atoms with Crippen LogP contribution in [-0.4, -0.2) is 42.4 Å². The van der Waals surface area contributed by atoms with Gasteiger partial charge in [-0.2, -0.15) is 5.06 Å². The van der Waals surface area contributed by atoms with E-state index >= 15 is 0 Å². The van der Waals surface area contributed by atoms with Crippen LogP contribution in [0.15, 0.2) is 18.2 Å². The summed E-state index contributed by atoms with van der Waals surface area (Å²) in [6, 6.07) is 6.41. The zero-order valence-corrected chi connectivity index (χ0v) is 13.3. The summed E-state index contributed by atoms with van der Waals surface area (Å²) in [7, 11) is 1.61. The Bertz CT molecular complexity index is 493. The van der Waals surface area contributed by atoms with Crippen molar-refractivity contribution in [3.8, 4) is 11.5 Å². The van der Waals surface area contributed by atoms with Gasteiger partial charge in [-0.3, -0.25) is 0 Å². The SMILES string of the molecule is COCOc1cc(C)ccc1OC1C[C@H]2CCC[C@@H](C1)N2O. The Kier molecular flexibility index (Phi) is 4.86. The molecule has 2 aliphatic rings. The zero-order chi connectivity index (χ0) is 15.5. The lowest BCUT2D eigenvalue weighted by Gasteiger charge is -2.44. The summed E-state index contributed by atoms with van der Waals surface area (Å²) in [4.78, 5) is 0. The quantitative estimate of drug-likeness (QED) is 0.847. The molecule has 2 heterocycles. The van der Waals surface area contributed by atoms with E-state index in [4.69, 9.17) is 14.2 Å². The predicted octanol–water partition coefficient (Wildman–Crippen LogP) is 3.13. The molecule has 2 aliphatic heterocycles. The Morgan fingerprint density at radius 1 is 1.18 bits per heavy atom. The van der Waals surface area contributed by atoms with Gasteiger partial charge in [-0.05, 0) is 37.5 Å². The molecule has 5 heteroatoms. The standard InChI is InChI=1S/C17H25NO4/c1-12-6-7-16(17(8-12)21-11-20-2)22-15-9-13-4-3-5-14(10-15)18(13)19/h6-8,13-15,19H,3-5,9-11H2,1-2H3/t13-,14+,15?. The first-order chi connectivity index (χ1) is 10.7. The largest absolute Gasteiger partial charge is 0.486 e. The fraction of sp³-hybridized carbons (Fsp3) is 0.647. The van der Waals surface area contributed by atoms with E-state index in [0.29, 0.717) is 0 Å². The maximum absolute atomic E-state index is 10.1. The zero-order valence-electron chi connectivity index (χ0n) is 13.3. The van der Waals surface area contributed by atoms with Crippen LogP contribution in [0, 0.1) is 6.92 Å². The summed E-state index contributed by atoms with van der Waals surface area (Å²) in [6.07, 6.45) is 5.16. The van der Waals surface area contributed by atoms with Gasteiger partial charge in [-0.1, -0.05) is 12.5 Å². The van der Waals surface area contributed by atoms with Crippen molar-refractivity contribution in [3.63, 3.8) is 0 Å². The Labute approximate surface area is 131 Å². The second-order valence-electron chi connectivity index (χ2n) is 6.33. The number of hydrogen-bond acceptors (Lipinski definition) is 5. The molecular weight excluding hydrogens is 282 g/mol. The van der Waals surface area contributed by atoms with Crippen LogP contribution in [-0.2, 0) is 4.74 Å². The van der Waals surface area contributed by atoms with Gasteiger partial charge in [0.25, 0.3) is 0 Å². The minimum absolute atomic E-state index is 0.131. The van der Waals surface area contributed by atoms with Gasteiger partial charge in [0.05, 0.1) is 0 Å². The van der Waals surface area contributed by atoms with E-state index in [0.717, 1.165) is 42.7 Å². The Hall–Kier alpha value is -1.30. The summed E-state index contributed by atoms with van der Waals surface area (Å²) in [5.74, 6) is 1.48. The smallest absolute Gasteiger partial charge is 0.188 e. The number of hydrogen-bond donors (Lipinski definition) is 1. The Morgan fingerprint density at radius 3 is 2.59 bits per heavy atom. The van der Waals surface area contributed by atoms with Crippen molar-refractivity contribution in [1.29, 1.82) is 0 Å². The van der Waals surface area contributed by atoms with Gasteiger partial charge in [0.15, 0.2) is 18.3 Å². The fourth-order valence-electron chi connectivity index (χ4n) is 3.53. The molecule has 0 aliphatic carbocycles. The number of piperidine rings is 2. The number of benzene rings is 1. The lowest BCUT2D eigenvalue weighted by atomic mass is 9.85. The molecule has 1 aromatic rings. The summed E-state index contributed by atoms with van der Waals surface area (Å²) in [5, 5.41) is 11.7.